The standard InChI is InChI=1S/C16H23N3O2/c1-4-20-14-7-6-12(10-15(14)21-5-2)13(17-3)11-16-18-8-9-19-16/h6-10,13,17H,4-5,11H2,1-3H3,(H,18,19). The molecule has 21 heavy (non-hydrogen) atoms. The fraction of sp³-hybridized carbons (Fsp3) is 0.438. The van der Waals surface area contributed by atoms with Gasteiger partial charge in [-0.05, 0) is 38.6 Å². The first-order valence-corrected chi connectivity index (χ1v) is 7.33. The molecule has 114 valence electrons. The van der Waals surface area contributed by atoms with Crippen LogP contribution in [0, 0.1) is 0 Å². The van der Waals surface area contributed by atoms with Gasteiger partial charge in [-0.15, -0.1) is 0 Å². The maximum absolute atomic E-state index is 5.68. The number of rotatable bonds is 8. The average molecular weight is 289 g/mol. The summed E-state index contributed by atoms with van der Waals surface area (Å²) in [5.74, 6) is 2.54. The third kappa shape index (κ3) is 3.98. The van der Waals surface area contributed by atoms with Gasteiger partial charge in [0.15, 0.2) is 11.5 Å². The van der Waals surface area contributed by atoms with E-state index in [1.54, 1.807) is 6.20 Å². The summed E-state index contributed by atoms with van der Waals surface area (Å²) in [5.41, 5.74) is 1.15. The first-order chi connectivity index (χ1) is 10.3. The van der Waals surface area contributed by atoms with Gasteiger partial charge in [-0.25, -0.2) is 4.98 Å². The number of nitrogens with zero attached hydrogens (tertiary/aromatic N) is 1. The molecule has 0 saturated carbocycles. The van der Waals surface area contributed by atoms with Crippen molar-refractivity contribution in [3.05, 3.63) is 42.0 Å². The van der Waals surface area contributed by atoms with E-state index in [2.05, 4.69) is 21.4 Å². The number of likely N-dealkylation sites (N-methyl/N-ethyl adjacent to an activating group) is 1. The molecule has 1 atom stereocenters. The third-order valence-electron chi connectivity index (χ3n) is 3.27. The Morgan fingerprint density at radius 1 is 1.19 bits per heavy atom. The molecule has 0 aliphatic heterocycles. The van der Waals surface area contributed by atoms with Gasteiger partial charge in [0.2, 0.25) is 0 Å². The zero-order valence-corrected chi connectivity index (χ0v) is 12.8. The Kier molecular flexibility index (Phi) is 5.63. The minimum atomic E-state index is 0.172. The SMILES string of the molecule is CCOc1ccc(C(Cc2ncc[nH]2)NC)cc1OCC. The number of aromatic amines is 1. The van der Waals surface area contributed by atoms with Crippen molar-refractivity contribution in [3.63, 3.8) is 0 Å². The van der Waals surface area contributed by atoms with Gasteiger partial charge < -0.3 is 19.8 Å². The second kappa shape index (κ2) is 7.69. The Morgan fingerprint density at radius 2 is 1.95 bits per heavy atom. The molecule has 0 aliphatic rings. The van der Waals surface area contributed by atoms with Crippen molar-refractivity contribution in [3.8, 4) is 11.5 Å². The molecule has 2 aromatic rings. The molecule has 1 aromatic carbocycles. The lowest BCUT2D eigenvalue weighted by atomic mass is 10.0. The molecule has 1 heterocycles. The molecule has 1 unspecified atom stereocenters. The van der Waals surface area contributed by atoms with Gasteiger partial charge in [0.25, 0.3) is 0 Å². The Morgan fingerprint density at radius 3 is 2.57 bits per heavy atom. The molecule has 2 rings (SSSR count). The predicted molar refractivity (Wildman–Crippen MR) is 82.9 cm³/mol. The molecule has 1 aromatic heterocycles. The zero-order chi connectivity index (χ0) is 15.1. The lowest BCUT2D eigenvalue weighted by Gasteiger charge is -2.18. The lowest BCUT2D eigenvalue weighted by Crippen LogP contribution is -2.19. The second-order valence-corrected chi connectivity index (χ2v) is 4.65. The lowest BCUT2D eigenvalue weighted by molar-refractivity contribution is 0.287. The van der Waals surface area contributed by atoms with Crippen molar-refractivity contribution in [2.75, 3.05) is 20.3 Å². The van der Waals surface area contributed by atoms with Crippen molar-refractivity contribution >= 4 is 0 Å². The van der Waals surface area contributed by atoms with Crippen LogP contribution in [-0.4, -0.2) is 30.2 Å². The highest BCUT2D eigenvalue weighted by molar-refractivity contribution is 5.44. The van der Waals surface area contributed by atoms with Crippen molar-refractivity contribution < 1.29 is 9.47 Å². The second-order valence-electron chi connectivity index (χ2n) is 4.65. The number of hydrogen-bond donors (Lipinski definition) is 2. The van der Waals surface area contributed by atoms with Gasteiger partial charge in [-0.3, -0.25) is 0 Å². The molecular formula is C16H23N3O2. The maximum atomic E-state index is 5.68. The van der Waals surface area contributed by atoms with Crippen LogP contribution in [0.1, 0.15) is 31.3 Å². The summed E-state index contributed by atoms with van der Waals surface area (Å²) in [4.78, 5) is 7.42. The zero-order valence-electron chi connectivity index (χ0n) is 12.8. The van der Waals surface area contributed by atoms with Gasteiger partial charge in [-0.2, -0.15) is 0 Å². The summed E-state index contributed by atoms with van der Waals surface area (Å²) in [6, 6.07) is 6.25. The van der Waals surface area contributed by atoms with E-state index in [1.165, 1.54) is 0 Å². The first-order valence-electron chi connectivity index (χ1n) is 7.33. The summed E-state index contributed by atoms with van der Waals surface area (Å²) in [6.45, 7) is 5.19. The van der Waals surface area contributed by atoms with Crippen LogP contribution in [0.5, 0.6) is 11.5 Å². The molecule has 0 saturated heterocycles. The number of nitrogens with one attached hydrogen (secondary N) is 2. The fourth-order valence-corrected chi connectivity index (χ4v) is 2.27. The highest BCUT2D eigenvalue weighted by Crippen LogP contribution is 2.31. The van der Waals surface area contributed by atoms with E-state index in [4.69, 9.17) is 9.47 Å². The van der Waals surface area contributed by atoms with E-state index in [-0.39, 0.29) is 6.04 Å². The van der Waals surface area contributed by atoms with Crippen LogP contribution in [0.2, 0.25) is 0 Å². The fourth-order valence-electron chi connectivity index (χ4n) is 2.27. The summed E-state index contributed by atoms with van der Waals surface area (Å²) in [5, 5.41) is 3.32. The summed E-state index contributed by atoms with van der Waals surface area (Å²) >= 11 is 0. The van der Waals surface area contributed by atoms with Crippen LogP contribution in [0.25, 0.3) is 0 Å². The van der Waals surface area contributed by atoms with Crippen LogP contribution >= 0.6 is 0 Å². The van der Waals surface area contributed by atoms with Gasteiger partial charge in [0.1, 0.15) is 5.82 Å². The van der Waals surface area contributed by atoms with E-state index < -0.39 is 0 Å². The number of benzene rings is 1. The molecule has 0 amide bonds. The molecule has 2 N–H and O–H groups in total. The molecular weight excluding hydrogens is 266 g/mol. The quantitative estimate of drug-likeness (QED) is 0.784. The topological polar surface area (TPSA) is 59.2 Å². The number of H-pyrrole nitrogens is 1. The van der Waals surface area contributed by atoms with E-state index in [9.17, 15) is 0 Å². The first kappa shape index (κ1) is 15.4. The number of hydrogen-bond acceptors (Lipinski definition) is 4. The number of aromatic nitrogens is 2. The molecule has 0 bridgehead atoms. The van der Waals surface area contributed by atoms with Crippen molar-refractivity contribution in [1.29, 1.82) is 0 Å². The normalized spacial score (nSPS) is 12.1. The third-order valence-corrected chi connectivity index (χ3v) is 3.27. The number of imidazole rings is 1. The van der Waals surface area contributed by atoms with Gasteiger partial charge in [-0.1, -0.05) is 6.07 Å². The maximum Gasteiger partial charge on any atom is 0.161 e. The summed E-state index contributed by atoms with van der Waals surface area (Å²) in [6.07, 6.45) is 4.40. The predicted octanol–water partition coefficient (Wildman–Crippen LogP) is 2.71. The molecule has 0 aliphatic carbocycles. The van der Waals surface area contributed by atoms with Crippen molar-refractivity contribution in [1.82, 2.24) is 15.3 Å². The van der Waals surface area contributed by atoms with E-state index >= 15 is 0 Å². The smallest absolute Gasteiger partial charge is 0.161 e. The van der Waals surface area contributed by atoms with Crippen LogP contribution in [0.3, 0.4) is 0 Å². The molecule has 0 spiro atoms. The molecule has 0 fully saturated rings. The van der Waals surface area contributed by atoms with Crippen molar-refractivity contribution in [2.45, 2.75) is 26.3 Å². The van der Waals surface area contributed by atoms with E-state index in [1.807, 2.05) is 39.2 Å². The van der Waals surface area contributed by atoms with Crippen LogP contribution in [0.4, 0.5) is 0 Å². The molecule has 0 radical (unpaired) electrons. The van der Waals surface area contributed by atoms with Crippen LogP contribution in [0.15, 0.2) is 30.6 Å². The highest BCUT2D eigenvalue weighted by atomic mass is 16.5. The monoisotopic (exact) mass is 289 g/mol. The Bertz CT molecular complexity index is 540. The van der Waals surface area contributed by atoms with Gasteiger partial charge >= 0.3 is 0 Å². The average Bonchev–Trinajstić information content (AvgIpc) is 3.00. The Hall–Kier alpha value is -2.01. The van der Waals surface area contributed by atoms with Gasteiger partial charge in [0.05, 0.1) is 13.2 Å². The van der Waals surface area contributed by atoms with Crippen molar-refractivity contribution in [2.24, 2.45) is 0 Å². The minimum absolute atomic E-state index is 0.172. The van der Waals surface area contributed by atoms with Gasteiger partial charge in [0, 0.05) is 24.9 Å². The molecule has 5 heteroatoms. The van der Waals surface area contributed by atoms with E-state index in [0.29, 0.717) is 13.2 Å². The van der Waals surface area contributed by atoms with Crippen LogP contribution < -0.4 is 14.8 Å². The Labute approximate surface area is 125 Å². The Balaban J connectivity index is 2.22. The minimum Gasteiger partial charge on any atom is -0.490 e. The van der Waals surface area contributed by atoms with Crippen LogP contribution in [-0.2, 0) is 6.42 Å². The largest absolute Gasteiger partial charge is 0.490 e. The summed E-state index contributed by atoms with van der Waals surface area (Å²) < 4.78 is 11.3. The van der Waals surface area contributed by atoms with E-state index in [0.717, 1.165) is 29.3 Å². The number of ether oxygens (including phenoxy) is 2. The summed E-state index contributed by atoms with van der Waals surface area (Å²) in [7, 11) is 1.95. The molecule has 5 nitrogen and oxygen atoms in total. The highest BCUT2D eigenvalue weighted by Gasteiger charge is 2.14.